The van der Waals surface area contributed by atoms with E-state index in [1.165, 1.54) is 31.2 Å². The Kier molecular flexibility index (Phi) is 4.77. The molecule has 1 atom stereocenters. The Morgan fingerprint density at radius 2 is 2.16 bits per heavy atom. The van der Waals surface area contributed by atoms with E-state index in [0.29, 0.717) is 5.92 Å². The highest BCUT2D eigenvalue weighted by atomic mass is 15.3. The molecule has 104 valence electrons. The van der Waals surface area contributed by atoms with Crippen molar-refractivity contribution in [3.05, 3.63) is 23.9 Å². The summed E-state index contributed by atoms with van der Waals surface area (Å²) in [6.45, 7) is 7.52. The molecule has 0 saturated heterocycles. The van der Waals surface area contributed by atoms with E-state index in [2.05, 4.69) is 42.2 Å². The van der Waals surface area contributed by atoms with Crippen LogP contribution in [-0.4, -0.2) is 21.1 Å². The molecule has 4 nitrogen and oxygen atoms in total. The van der Waals surface area contributed by atoms with E-state index in [-0.39, 0.29) is 0 Å². The summed E-state index contributed by atoms with van der Waals surface area (Å²) in [7, 11) is 0. The zero-order chi connectivity index (χ0) is 13.7. The van der Waals surface area contributed by atoms with Gasteiger partial charge in [-0.2, -0.15) is 4.98 Å². The number of hydrogen-bond donors (Lipinski definition) is 1. The minimum Gasteiger partial charge on any atom is -0.353 e. The van der Waals surface area contributed by atoms with Crippen molar-refractivity contribution in [2.45, 2.75) is 46.5 Å². The van der Waals surface area contributed by atoms with E-state index in [4.69, 9.17) is 0 Å². The highest BCUT2D eigenvalue weighted by molar-refractivity contribution is 5.44. The van der Waals surface area contributed by atoms with Crippen LogP contribution in [0.3, 0.4) is 0 Å². The molecule has 0 aliphatic heterocycles. The van der Waals surface area contributed by atoms with Crippen LogP contribution in [0.4, 0.5) is 5.95 Å². The average molecular weight is 260 g/mol. The first-order chi connectivity index (χ1) is 9.22. The highest BCUT2D eigenvalue weighted by Crippen LogP contribution is 2.14. The number of unbranched alkanes of at least 4 members (excludes halogenated alkanes) is 1. The van der Waals surface area contributed by atoms with Gasteiger partial charge in [-0.15, -0.1) is 5.10 Å². The lowest BCUT2D eigenvalue weighted by Crippen LogP contribution is -2.14. The molecule has 1 unspecified atom stereocenters. The van der Waals surface area contributed by atoms with Crippen molar-refractivity contribution in [3.63, 3.8) is 0 Å². The molecule has 1 N–H and O–H groups in total. The van der Waals surface area contributed by atoms with Gasteiger partial charge in [-0.25, -0.2) is 4.52 Å². The summed E-state index contributed by atoms with van der Waals surface area (Å²) in [5, 5.41) is 7.82. The zero-order valence-corrected chi connectivity index (χ0v) is 12.2. The summed E-state index contributed by atoms with van der Waals surface area (Å²) in [6.07, 6.45) is 7.06. The number of nitrogens with one attached hydrogen (secondary N) is 1. The van der Waals surface area contributed by atoms with Crippen molar-refractivity contribution in [2.75, 3.05) is 11.9 Å². The van der Waals surface area contributed by atoms with Crippen LogP contribution in [0.5, 0.6) is 0 Å². The lowest BCUT2D eigenvalue weighted by molar-refractivity contribution is 0.472. The maximum absolute atomic E-state index is 4.48. The van der Waals surface area contributed by atoms with Gasteiger partial charge < -0.3 is 5.32 Å². The molecule has 0 radical (unpaired) electrons. The second-order valence-corrected chi connectivity index (χ2v) is 5.24. The van der Waals surface area contributed by atoms with Crippen LogP contribution in [0.1, 0.15) is 45.1 Å². The van der Waals surface area contributed by atoms with E-state index in [1.54, 1.807) is 0 Å². The van der Waals surface area contributed by atoms with Gasteiger partial charge in [-0.05, 0) is 30.9 Å². The molecule has 0 amide bonds. The first-order valence-corrected chi connectivity index (χ1v) is 7.29. The van der Waals surface area contributed by atoms with Crippen molar-refractivity contribution in [3.8, 4) is 0 Å². The lowest BCUT2D eigenvalue weighted by atomic mass is 9.99. The van der Waals surface area contributed by atoms with Crippen molar-refractivity contribution < 1.29 is 0 Å². The van der Waals surface area contributed by atoms with Gasteiger partial charge in [0.15, 0.2) is 5.65 Å². The van der Waals surface area contributed by atoms with Gasteiger partial charge in [0.05, 0.1) is 0 Å². The third-order valence-corrected chi connectivity index (χ3v) is 3.57. The van der Waals surface area contributed by atoms with Crippen LogP contribution in [0, 0.1) is 12.8 Å². The SMILES string of the molecule is CCCCC(CC)CNc1nc2ccc(C)cn2n1. The molecule has 2 heterocycles. The Hall–Kier alpha value is -1.58. The first-order valence-electron chi connectivity index (χ1n) is 7.29. The molecule has 0 spiro atoms. The van der Waals surface area contributed by atoms with E-state index in [1.807, 2.05) is 16.8 Å². The van der Waals surface area contributed by atoms with E-state index < -0.39 is 0 Å². The minimum absolute atomic E-state index is 0.716. The Balaban J connectivity index is 1.97. The van der Waals surface area contributed by atoms with E-state index >= 15 is 0 Å². The van der Waals surface area contributed by atoms with E-state index in [0.717, 1.165) is 18.1 Å². The van der Waals surface area contributed by atoms with Gasteiger partial charge >= 0.3 is 0 Å². The molecule has 0 aromatic carbocycles. The molecule has 0 bridgehead atoms. The largest absolute Gasteiger partial charge is 0.353 e. The molecular formula is C15H24N4. The molecule has 0 aliphatic rings. The number of aromatic nitrogens is 3. The third-order valence-electron chi connectivity index (χ3n) is 3.57. The van der Waals surface area contributed by atoms with Crippen molar-refractivity contribution in [1.29, 1.82) is 0 Å². The quantitative estimate of drug-likeness (QED) is 0.826. The smallest absolute Gasteiger partial charge is 0.243 e. The molecule has 0 aliphatic carbocycles. The maximum Gasteiger partial charge on any atom is 0.243 e. The summed E-state index contributed by atoms with van der Waals surface area (Å²) < 4.78 is 1.84. The summed E-state index contributed by atoms with van der Waals surface area (Å²) in [5.41, 5.74) is 2.09. The number of aryl methyl sites for hydroxylation is 1. The number of pyridine rings is 1. The summed E-state index contributed by atoms with van der Waals surface area (Å²) in [6, 6.07) is 4.06. The molecule has 2 rings (SSSR count). The number of anilines is 1. The maximum atomic E-state index is 4.48. The van der Waals surface area contributed by atoms with Crippen molar-refractivity contribution in [1.82, 2.24) is 14.6 Å². The van der Waals surface area contributed by atoms with Gasteiger partial charge in [0, 0.05) is 12.7 Å². The van der Waals surface area contributed by atoms with Crippen LogP contribution in [0.15, 0.2) is 18.3 Å². The monoisotopic (exact) mass is 260 g/mol. The van der Waals surface area contributed by atoms with Crippen molar-refractivity contribution in [2.24, 2.45) is 5.92 Å². The second kappa shape index (κ2) is 6.55. The third kappa shape index (κ3) is 3.69. The fraction of sp³-hybridized carbons (Fsp3) is 0.600. The number of hydrogen-bond acceptors (Lipinski definition) is 3. The predicted octanol–water partition coefficient (Wildman–Crippen LogP) is 3.67. The normalized spacial score (nSPS) is 12.8. The molecule has 2 aromatic heterocycles. The molecule has 4 heteroatoms. The topological polar surface area (TPSA) is 42.2 Å². The van der Waals surface area contributed by atoms with Gasteiger partial charge in [-0.3, -0.25) is 0 Å². The van der Waals surface area contributed by atoms with Crippen LogP contribution in [-0.2, 0) is 0 Å². The second-order valence-electron chi connectivity index (χ2n) is 5.24. The summed E-state index contributed by atoms with van der Waals surface area (Å²) in [4.78, 5) is 4.48. The van der Waals surface area contributed by atoms with Crippen LogP contribution in [0.25, 0.3) is 5.65 Å². The van der Waals surface area contributed by atoms with Gasteiger partial charge in [0.2, 0.25) is 5.95 Å². The Bertz CT molecular complexity index is 518. The van der Waals surface area contributed by atoms with Gasteiger partial charge in [0.1, 0.15) is 0 Å². The molecular weight excluding hydrogens is 236 g/mol. The Morgan fingerprint density at radius 3 is 2.89 bits per heavy atom. The standard InChI is InChI=1S/C15H24N4/c1-4-6-7-13(5-2)10-16-15-17-14-9-8-12(3)11-19(14)18-15/h8-9,11,13H,4-7,10H2,1-3H3,(H,16,18). The van der Waals surface area contributed by atoms with Gasteiger partial charge in [-0.1, -0.05) is 39.2 Å². The Morgan fingerprint density at radius 1 is 1.32 bits per heavy atom. The number of fused-ring (bicyclic) bond motifs is 1. The molecule has 2 aromatic rings. The first kappa shape index (κ1) is 13.8. The van der Waals surface area contributed by atoms with Crippen LogP contribution < -0.4 is 5.32 Å². The lowest BCUT2D eigenvalue weighted by Gasteiger charge is -2.13. The number of rotatable bonds is 7. The zero-order valence-electron chi connectivity index (χ0n) is 12.2. The molecule has 0 fully saturated rings. The average Bonchev–Trinajstić information content (AvgIpc) is 2.81. The van der Waals surface area contributed by atoms with Crippen LogP contribution >= 0.6 is 0 Å². The van der Waals surface area contributed by atoms with Crippen LogP contribution in [0.2, 0.25) is 0 Å². The molecule has 0 saturated carbocycles. The summed E-state index contributed by atoms with van der Waals surface area (Å²) in [5.74, 6) is 1.45. The summed E-state index contributed by atoms with van der Waals surface area (Å²) >= 11 is 0. The van der Waals surface area contributed by atoms with Gasteiger partial charge in [0.25, 0.3) is 0 Å². The fourth-order valence-electron chi connectivity index (χ4n) is 2.24. The predicted molar refractivity (Wildman–Crippen MR) is 79.5 cm³/mol. The van der Waals surface area contributed by atoms with E-state index in [9.17, 15) is 0 Å². The number of nitrogens with zero attached hydrogens (tertiary/aromatic N) is 3. The molecule has 19 heavy (non-hydrogen) atoms. The Labute approximate surface area is 115 Å². The fourth-order valence-corrected chi connectivity index (χ4v) is 2.24. The highest BCUT2D eigenvalue weighted by Gasteiger charge is 2.08. The minimum atomic E-state index is 0.716. The van der Waals surface area contributed by atoms with Crippen molar-refractivity contribution >= 4 is 11.6 Å².